The van der Waals surface area contributed by atoms with Crippen molar-refractivity contribution in [2.75, 3.05) is 47.5 Å². The molecule has 0 heterocycles. The number of esters is 2. The highest BCUT2D eigenvalue weighted by atomic mass is 31.2. The molecule has 5 unspecified atom stereocenters. The number of phosphoric ester groups is 1. The van der Waals surface area contributed by atoms with E-state index in [-0.39, 0.29) is 32.5 Å². The van der Waals surface area contributed by atoms with Gasteiger partial charge >= 0.3 is 19.8 Å². The number of rotatable bonds is 37. The third-order valence-electron chi connectivity index (χ3n) is 8.91. The van der Waals surface area contributed by atoms with Gasteiger partial charge < -0.3 is 34.2 Å². The SMILES string of the molecule is CCCCCCCCCCCCCCCC(=O)OCC(COP(=O)(O)OCC[N+](C)(C)C)OC(=O)CCCC(O)/C=C/C=C\C=C\C(O)C/C=C\C=C\C(O)CC. The number of carbonyl (C=O) groups excluding carboxylic acids is 2. The molecule has 57 heavy (non-hydrogen) atoms. The van der Waals surface area contributed by atoms with Gasteiger partial charge in [-0.25, -0.2) is 4.57 Å². The van der Waals surface area contributed by atoms with Crippen molar-refractivity contribution in [2.45, 2.75) is 160 Å². The summed E-state index contributed by atoms with van der Waals surface area (Å²) < 4.78 is 34.0. The van der Waals surface area contributed by atoms with E-state index in [1.54, 1.807) is 54.7 Å². The number of likely N-dealkylation sites (N-methyl/N-ethyl adjacent to an activating group) is 1. The first-order valence-corrected chi connectivity index (χ1v) is 22.8. The van der Waals surface area contributed by atoms with Crippen LogP contribution in [0.25, 0.3) is 0 Å². The summed E-state index contributed by atoms with van der Waals surface area (Å²) >= 11 is 0. The number of aliphatic hydroxyl groups excluding tert-OH is 3. The van der Waals surface area contributed by atoms with E-state index < -0.39 is 50.8 Å². The second-order valence-corrected chi connectivity index (χ2v) is 17.1. The average molecular weight is 829 g/mol. The zero-order valence-electron chi connectivity index (χ0n) is 35.9. The van der Waals surface area contributed by atoms with Gasteiger partial charge in [0.25, 0.3) is 0 Å². The van der Waals surface area contributed by atoms with Crippen LogP contribution in [0.3, 0.4) is 0 Å². The maximum Gasteiger partial charge on any atom is 0.472 e. The molecule has 0 saturated heterocycles. The van der Waals surface area contributed by atoms with Gasteiger partial charge in [0.2, 0.25) is 0 Å². The number of nitrogens with zero attached hydrogens (tertiary/aromatic N) is 1. The van der Waals surface area contributed by atoms with Crippen LogP contribution in [0.5, 0.6) is 0 Å². The van der Waals surface area contributed by atoms with Crippen molar-refractivity contribution >= 4 is 19.8 Å². The molecule has 4 N–H and O–H groups in total. The highest BCUT2D eigenvalue weighted by molar-refractivity contribution is 7.47. The van der Waals surface area contributed by atoms with Gasteiger partial charge in [0.1, 0.15) is 19.8 Å². The molecule has 0 bridgehead atoms. The predicted octanol–water partition coefficient (Wildman–Crippen LogP) is 8.60. The van der Waals surface area contributed by atoms with Crippen LogP contribution >= 0.6 is 7.82 Å². The van der Waals surface area contributed by atoms with E-state index in [1.165, 1.54) is 57.8 Å². The molecule has 0 saturated carbocycles. The van der Waals surface area contributed by atoms with Crippen LogP contribution in [0.15, 0.2) is 60.8 Å². The van der Waals surface area contributed by atoms with Crippen LogP contribution in [0.2, 0.25) is 0 Å². The smallest absolute Gasteiger partial charge is 0.462 e. The maximum atomic E-state index is 12.7. The zero-order chi connectivity index (χ0) is 42.6. The first-order chi connectivity index (χ1) is 27.2. The number of aliphatic hydroxyl groups is 3. The van der Waals surface area contributed by atoms with Crippen molar-refractivity contribution in [1.29, 1.82) is 0 Å². The molecule has 0 radical (unpaired) electrons. The average Bonchev–Trinajstić information content (AvgIpc) is 3.15. The van der Waals surface area contributed by atoms with Crippen molar-refractivity contribution in [2.24, 2.45) is 0 Å². The first-order valence-electron chi connectivity index (χ1n) is 21.3. The summed E-state index contributed by atoms with van der Waals surface area (Å²) in [5, 5.41) is 29.8. The molecule has 0 amide bonds. The molecule has 5 atom stereocenters. The summed E-state index contributed by atoms with van der Waals surface area (Å²) in [5.41, 5.74) is 0. The molecule has 0 aliphatic heterocycles. The standard InChI is InChI=1S/C44H78NO11P/c1-6-8-9-10-11-12-13-14-15-16-17-18-26-33-43(49)53-37-42(38-55-57(51,52)54-36-35-45(3,4)5)56-44(50)34-27-32-41(48)30-23-20-19-22-29-40(47)31-25-21-24-28-39(46)7-2/h19-25,28-30,39-42,46-48H,6-18,26-27,31-38H2,1-5H3/p+1/b20-19-,25-21-,28-24+,29-22+,30-23+. The van der Waals surface area contributed by atoms with Crippen molar-refractivity contribution in [3.05, 3.63) is 60.8 Å². The lowest BCUT2D eigenvalue weighted by Crippen LogP contribution is -2.37. The molecule has 0 aromatic carbocycles. The summed E-state index contributed by atoms with van der Waals surface area (Å²) in [5.74, 6) is -1.06. The van der Waals surface area contributed by atoms with Gasteiger partial charge in [0.05, 0.1) is 46.1 Å². The molecule has 12 nitrogen and oxygen atoms in total. The molecule has 0 rings (SSSR count). The Balaban J connectivity index is 4.69. The van der Waals surface area contributed by atoms with Crippen molar-refractivity contribution in [3.8, 4) is 0 Å². The largest absolute Gasteiger partial charge is 0.472 e. The summed E-state index contributed by atoms with van der Waals surface area (Å²) in [6.07, 6.45) is 31.4. The second-order valence-electron chi connectivity index (χ2n) is 15.6. The van der Waals surface area contributed by atoms with Gasteiger partial charge in [-0.3, -0.25) is 18.6 Å². The number of hydrogen-bond acceptors (Lipinski definition) is 10. The number of allylic oxidation sites excluding steroid dienone is 6. The van der Waals surface area contributed by atoms with Gasteiger partial charge in [0, 0.05) is 12.8 Å². The molecular weight excluding hydrogens is 749 g/mol. The van der Waals surface area contributed by atoms with Crippen LogP contribution in [-0.4, -0.2) is 109 Å². The highest BCUT2D eigenvalue weighted by Gasteiger charge is 2.27. The van der Waals surface area contributed by atoms with E-state index in [4.69, 9.17) is 18.5 Å². The Morgan fingerprint density at radius 2 is 1.16 bits per heavy atom. The Kier molecular flexibility index (Phi) is 34.0. The van der Waals surface area contributed by atoms with Crippen LogP contribution in [0.1, 0.15) is 136 Å². The third kappa shape index (κ3) is 38.9. The van der Waals surface area contributed by atoms with Crippen LogP contribution in [-0.2, 0) is 32.7 Å². The molecule has 0 spiro atoms. The summed E-state index contributed by atoms with van der Waals surface area (Å²) in [4.78, 5) is 35.3. The lowest BCUT2D eigenvalue weighted by Gasteiger charge is -2.24. The van der Waals surface area contributed by atoms with E-state index in [1.807, 2.05) is 34.1 Å². The monoisotopic (exact) mass is 829 g/mol. The quantitative estimate of drug-likeness (QED) is 0.0156. The zero-order valence-corrected chi connectivity index (χ0v) is 36.8. The molecule has 0 fully saturated rings. The summed E-state index contributed by atoms with van der Waals surface area (Å²) in [7, 11) is 1.29. The number of carbonyl (C=O) groups is 2. The Bertz CT molecular complexity index is 1210. The minimum atomic E-state index is -4.45. The second kappa shape index (κ2) is 35.5. The fourth-order valence-corrected chi connectivity index (χ4v) is 6.06. The molecule has 0 aliphatic carbocycles. The molecular formula is C44H79NO11P+. The predicted molar refractivity (Wildman–Crippen MR) is 228 cm³/mol. The minimum Gasteiger partial charge on any atom is -0.462 e. The fraction of sp³-hybridized carbons (Fsp3) is 0.727. The van der Waals surface area contributed by atoms with E-state index >= 15 is 0 Å². The Morgan fingerprint density at radius 1 is 0.632 bits per heavy atom. The van der Waals surface area contributed by atoms with Crippen LogP contribution < -0.4 is 0 Å². The normalized spacial score (nSPS) is 15.9. The highest BCUT2D eigenvalue weighted by Crippen LogP contribution is 2.43. The van der Waals surface area contributed by atoms with E-state index in [9.17, 15) is 34.4 Å². The lowest BCUT2D eigenvalue weighted by atomic mass is 10.0. The van der Waals surface area contributed by atoms with E-state index in [0.717, 1.165) is 19.3 Å². The summed E-state index contributed by atoms with van der Waals surface area (Å²) in [6, 6.07) is 0. The summed E-state index contributed by atoms with van der Waals surface area (Å²) in [6.45, 7) is 3.73. The third-order valence-corrected chi connectivity index (χ3v) is 9.89. The van der Waals surface area contributed by atoms with E-state index in [0.29, 0.717) is 36.7 Å². The van der Waals surface area contributed by atoms with Crippen molar-refractivity contribution in [1.82, 2.24) is 0 Å². The number of unbranched alkanes of at least 4 members (excludes halogenated alkanes) is 12. The number of phosphoric acid groups is 1. The lowest BCUT2D eigenvalue weighted by molar-refractivity contribution is -0.870. The Hall–Kier alpha value is -2.41. The van der Waals surface area contributed by atoms with Gasteiger partial charge in [-0.1, -0.05) is 152 Å². The number of ether oxygens (including phenoxy) is 2. The topological polar surface area (TPSA) is 169 Å². The molecule has 0 aliphatic rings. The Labute approximate surface area is 344 Å². The Morgan fingerprint density at radius 3 is 1.74 bits per heavy atom. The maximum absolute atomic E-state index is 12.7. The van der Waals surface area contributed by atoms with Gasteiger partial charge in [0.15, 0.2) is 6.10 Å². The fourth-order valence-electron chi connectivity index (χ4n) is 5.32. The van der Waals surface area contributed by atoms with Crippen molar-refractivity contribution < 1.29 is 57.4 Å². The van der Waals surface area contributed by atoms with Crippen LogP contribution in [0, 0.1) is 0 Å². The number of hydrogen-bond donors (Lipinski definition) is 4. The van der Waals surface area contributed by atoms with Gasteiger partial charge in [-0.05, 0) is 32.1 Å². The molecule has 0 aromatic rings. The van der Waals surface area contributed by atoms with Gasteiger partial charge in [-0.2, -0.15) is 0 Å². The van der Waals surface area contributed by atoms with Crippen molar-refractivity contribution in [3.63, 3.8) is 0 Å². The molecule has 13 heteroatoms. The first kappa shape index (κ1) is 54.6. The minimum absolute atomic E-state index is 0.0227. The molecule has 0 aromatic heterocycles. The van der Waals surface area contributed by atoms with Gasteiger partial charge in [-0.15, -0.1) is 0 Å². The van der Waals surface area contributed by atoms with Crippen LogP contribution in [0.4, 0.5) is 0 Å². The number of quaternary nitrogens is 1. The molecule has 330 valence electrons. The van der Waals surface area contributed by atoms with E-state index in [2.05, 4.69) is 6.92 Å².